The predicted molar refractivity (Wildman–Crippen MR) is 102 cm³/mol. The average Bonchev–Trinajstić information content (AvgIpc) is 2.69. The summed E-state index contributed by atoms with van der Waals surface area (Å²) in [5, 5.41) is 0.382. The molecule has 0 spiro atoms. The zero-order valence-corrected chi connectivity index (χ0v) is 15.6. The Morgan fingerprint density at radius 1 is 1.04 bits per heavy atom. The molecule has 6 nitrogen and oxygen atoms in total. The molecule has 0 bridgehead atoms. The zero-order chi connectivity index (χ0) is 19.6. The van der Waals surface area contributed by atoms with E-state index in [4.69, 9.17) is 18.6 Å². The maximum atomic E-state index is 13.0. The first-order valence-corrected chi connectivity index (χ1v) is 8.41. The van der Waals surface area contributed by atoms with Crippen molar-refractivity contribution in [3.8, 4) is 28.6 Å². The van der Waals surface area contributed by atoms with Crippen LogP contribution in [-0.4, -0.2) is 26.1 Å². The normalized spacial score (nSPS) is 11.9. The Morgan fingerprint density at radius 3 is 2.41 bits per heavy atom. The molecule has 1 atom stereocenters. The Bertz CT molecular complexity index is 1050. The largest absolute Gasteiger partial charge is 0.493 e. The maximum Gasteiger partial charge on any atom is 0.235 e. The zero-order valence-electron chi connectivity index (χ0n) is 15.6. The van der Waals surface area contributed by atoms with Crippen LogP contribution in [0.2, 0.25) is 0 Å². The molecule has 0 saturated carbocycles. The molecule has 3 aromatic rings. The van der Waals surface area contributed by atoms with Gasteiger partial charge in [-0.15, -0.1) is 0 Å². The topological polar surface area (TPSA) is 75.0 Å². The quantitative estimate of drug-likeness (QED) is 0.658. The van der Waals surface area contributed by atoms with Gasteiger partial charge in [0.2, 0.25) is 11.2 Å². The summed E-state index contributed by atoms with van der Waals surface area (Å²) in [6, 6.07) is 12.0. The van der Waals surface area contributed by atoms with Crippen LogP contribution in [0.15, 0.2) is 51.7 Å². The molecule has 0 amide bonds. The fourth-order valence-corrected chi connectivity index (χ4v) is 2.66. The van der Waals surface area contributed by atoms with Crippen molar-refractivity contribution in [2.75, 3.05) is 14.2 Å². The van der Waals surface area contributed by atoms with E-state index in [1.165, 1.54) is 21.1 Å². The third-order valence-electron chi connectivity index (χ3n) is 4.27. The van der Waals surface area contributed by atoms with Gasteiger partial charge in [0.15, 0.2) is 29.1 Å². The van der Waals surface area contributed by atoms with E-state index in [-0.39, 0.29) is 22.7 Å². The Balaban J connectivity index is 2.27. The van der Waals surface area contributed by atoms with Crippen molar-refractivity contribution in [1.82, 2.24) is 0 Å². The number of para-hydroxylation sites is 1. The van der Waals surface area contributed by atoms with Gasteiger partial charge in [0.1, 0.15) is 5.58 Å². The van der Waals surface area contributed by atoms with Crippen LogP contribution in [0.3, 0.4) is 0 Å². The van der Waals surface area contributed by atoms with Gasteiger partial charge in [0, 0.05) is 5.56 Å². The van der Waals surface area contributed by atoms with E-state index >= 15 is 0 Å². The van der Waals surface area contributed by atoms with Crippen LogP contribution in [0, 0.1) is 0 Å². The van der Waals surface area contributed by atoms with Crippen molar-refractivity contribution < 1.29 is 23.4 Å². The Kier molecular flexibility index (Phi) is 5.16. The highest BCUT2D eigenvalue weighted by molar-refractivity contribution is 5.84. The van der Waals surface area contributed by atoms with Gasteiger partial charge >= 0.3 is 0 Å². The average molecular weight is 368 g/mol. The molecule has 140 valence electrons. The second kappa shape index (κ2) is 7.53. The number of rotatable bonds is 6. The monoisotopic (exact) mass is 368 g/mol. The van der Waals surface area contributed by atoms with Gasteiger partial charge in [0.05, 0.1) is 19.6 Å². The van der Waals surface area contributed by atoms with Crippen LogP contribution in [-0.2, 0) is 4.79 Å². The minimum absolute atomic E-state index is 0.0105. The summed E-state index contributed by atoms with van der Waals surface area (Å²) in [6.45, 7) is 3.00. The predicted octanol–water partition coefficient (Wildman–Crippen LogP) is 3.83. The lowest BCUT2D eigenvalue weighted by atomic mass is 10.1. The van der Waals surface area contributed by atoms with Crippen molar-refractivity contribution in [2.24, 2.45) is 0 Å². The third-order valence-corrected chi connectivity index (χ3v) is 4.27. The van der Waals surface area contributed by atoms with Gasteiger partial charge in [-0.25, -0.2) is 0 Å². The molecule has 0 aliphatic rings. The molecule has 27 heavy (non-hydrogen) atoms. The third kappa shape index (κ3) is 3.51. The molecule has 3 rings (SSSR count). The van der Waals surface area contributed by atoms with Gasteiger partial charge in [-0.3, -0.25) is 9.59 Å². The van der Waals surface area contributed by atoms with Crippen molar-refractivity contribution in [2.45, 2.75) is 20.0 Å². The van der Waals surface area contributed by atoms with Crippen LogP contribution < -0.4 is 19.6 Å². The second-order valence-corrected chi connectivity index (χ2v) is 6.03. The Hall–Kier alpha value is -3.28. The number of carbonyl (C=O) groups excluding carboxylic acids is 1. The lowest BCUT2D eigenvalue weighted by molar-refractivity contribution is -0.122. The molecule has 0 saturated heterocycles. The minimum Gasteiger partial charge on any atom is -0.493 e. The number of hydrogen-bond donors (Lipinski definition) is 0. The second-order valence-electron chi connectivity index (χ2n) is 6.03. The standard InChI is InChI=1S/C21H20O6/c1-12(22)13(2)26-21-19(23)15-7-5-6-8-16(15)27-20(21)14-9-10-17(24-3)18(11-14)25-4/h5-11,13H,1-4H3/t13-/m0/s1. The number of carbonyl (C=O) groups is 1. The van der Waals surface area contributed by atoms with Crippen molar-refractivity contribution in [3.05, 3.63) is 52.7 Å². The van der Waals surface area contributed by atoms with Crippen molar-refractivity contribution >= 4 is 16.8 Å². The summed E-state index contributed by atoms with van der Waals surface area (Å²) in [5.74, 6) is 1.05. The van der Waals surface area contributed by atoms with Gasteiger partial charge in [-0.1, -0.05) is 12.1 Å². The van der Waals surface area contributed by atoms with Crippen LogP contribution in [0.25, 0.3) is 22.3 Å². The molecular weight excluding hydrogens is 348 g/mol. The number of hydrogen-bond acceptors (Lipinski definition) is 6. The summed E-state index contributed by atoms with van der Waals surface area (Å²) in [5.41, 5.74) is 0.658. The summed E-state index contributed by atoms with van der Waals surface area (Å²) < 4.78 is 22.3. The number of Topliss-reactive ketones (excluding diaryl/α,β-unsaturated/α-hetero) is 1. The minimum atomic E-state index is -0.784. The lowest BCUT2D eigenvalue weighted by Crippen LogP contribution is -2.24. The lowest BCUT2D eigenvalue weighted by Gasteiger charge is -2.16. The van der Waals surface area contributed by atoms with Gasteiger partial charge in [-0.2, -0.15) is 0 Å². The van der Waals surface area contributed by atoms with E-state index in [9.17, 15) is 9.59 Å². The molecule has 1 aromatic heterocycles. The molecule has 6 heteroatoms. The number of ketones is 1. The van der Waals surface area contributed by atoms with Crippen LogP contribution in [0.5, 0.6) is 17.2 Å². The number of benzene rings is 2. The Labute approximate surface area is 156 Å². The van der Waals surface area contributed by atoms with Crippen LogP contribution in [0.1, 0.15) is 13.8 Å². The van der Waals surface area contributed by atoms with E-state index in [2.05, 4.69) is 0 Å². The molecule has 2 aromatic carbocycles. The van der Waals surface area contributed by atoms with E-state index in [1.54, 1.807) is 49.4 Å². The van der Waals surface area contributed by atoms with Gasteiger partial charge < -0.3 is 18.6 Å². The first-order chi connectivity index (χ1) is 13.0. The maximum absolute atomic E-state index is 13.0. The van der Waals surface area contributed by atoms with Crippen molar-refractivity contribution in [3.63, 3.8) is 0 Å². The molecule has 0 aliphatic carbocycles. The highest BCUT2D eigenvalue weighted by Gasteiger charge is 2.22. The fraction of sp³-hybridized carbons (Fsp3) is 0.238. The van der Waals surface area contributed by atoms with Gasteiger partial charge in [0.25, 0.3) is 0 Å². The first-order valence-electron chi connectivity index (χ1n) is 8.41. The number of methoxy groups -OCH3 is 2. The summed E-state index contributed by atoms with van der Waals surface area (Å²) in [7, 11) is 3.06. The highest BCUT2D eigenvalue weighted by atomic mass is 16.5. The van der Waals surface area contributed by atoms with Crippen LogP contribution >= 0.6 is 0 Å². The van der Waals surface area contributed by atoms with E-state index in [0.717, 1.165) is 0 Å². The highest BCUT2D eigenvalue weighted by Crippen LogP contribution is 2.36. The molecule has 0 unspecified atom stereocenters. The summed E-state index contributed by atoms with van der Waals surface area (Å²) in [6.07, 6.45) is -0.784. The van der Waals surface area contributed by atoms with E-state index in [0.29, 0.717) is 28.0 Å². The summed E-state index contributed by atoms with van der Waals surface area (Å²) in [4.78, 5) is 24.7. The molecule has 1 heterocycles. The molecule has 0 fully saturated rings. The summed E-state index contributed by atoms with van der Waals surface area (Å²) >= 11 is 0. The van der Waals surface area contributed by atoms with E-state index < -0.39 is 6.10 Å². The molecular formula is C21H20O6. The fourth-order valence-electron chi connectivity index (χ4n) is 2.66. The SMILES string of the molecule is COc1ccc(-c2oc3ccccc3c(=O)c2O[C@@H](C)C(C)=O)cc1OC. The number of fused-ring (bicyclic) bond motifs is 1. The smallest absolute Gasteiger partial charge is 0.235 e. The van der Waals surface area contributed by atoms with E-state index in [1.807, 2.05) is 0 Å². The molecule has 0 radical (unpaired) electrons. The molecule has 0 N–H and O–H groups in total. The first kappa shape index (κ1) is 18.5. The number of ether oxygens (including phenoxy) is 3. The van der Waals surface area contributed by atoms with Gasteiger partial charge in [-0.05, 0) is 44.2 Å². The Morgan fingerprint density at radius 2 is 1.74 bits per heavy atom. The van der Waals surface area contributed by atoms with Crippen molar-refractivity contribution in [1.29, 1.82) is 0 Å². The van der Waals surface area contributed by atoms with Crippen LogP contribution in [0.4, 0.5) is 0 Å². The molecule has 0 aliphatic heterocycles.